The molecule has 0 fully saturated rings. The van der Waals surface area contributed by atoms with Gasteiger partial charge in [-0.1, -0.05) is 6.07 Å². The molecule has 2 heterocycles. The van der Waals surface area contributed by atoms with Crippen LogP contribution in [0.4, 0.5) is 10.1 Å². The van der Waals surface area contributed by atoms with E-state index in [1.54, 1.807) is 24.3 Å². The molecule has 4 rings (SSSR count). The van der Waals surface area contributed by atoms with Crippen LogP contribution < -0.4 is 4.72 Å². The van der Waals surface area contributed by atoms with Gasteiger partial charge in [0.2, 0.25) is 0 Å². The number of H-pyrrole nitrogens is 1. The normalized spacial score (nSPS) is 11.9. The van der Waals surface area contributed by atoms with Crippen molar-refractivity contribution >= 4 is 37.5 Å². The van der Waals surface area contributed by atoms with E-state index in [9.17, 15) is 12.8 Å². The molecule has 6 nitrogen and oxygen atoms in total. The van der Waals surface area contributed by atoms with E-state index in [2.05, 4.69) is 19.9 Å². The maximum absolute atomic E-state index is 13.9. The van der Waals surface area contributed by atoms with Crippen molar-refractivity contribution in [2.75, 3.05) is 4.72 Å². The Morgan fingerprint density at radius 3 is 2.79 bits per heavy atom. The van der Waals surface area contributed by atoms with E-state index in [0.29, 0.717) is 16.6 Å². The molecule has 2 N–H and O–H groups in total. The van der Waals surface area contributed by atoms with E-state index in [1.807, 2.05) is 0 Å². The Balaban J connectivity index is 1.87. The third-order valence-corrected chi connectivity index (χ3v) is 5.12. The topological polar surface area (TPSA) is 87.7 Å². The number of aromatic amines is 1. The molecule has 0 radical (unpaired) electrons. The Morgan fingerprint density at radius 1 is 1.04 bits per heavy atom. The SMILES string of the molecule is O=S(=O)(Nc1cccc2[nH]ncc12)c1ccc(F)c2ncccc12. The number of rotatable bonds is 3. The van der Waals surface area contributed by atoms with Gasteiger partial charge in [-0.05, 0) is 36.4 Å². The van der Waals surface area contributed by atoms with Crippen LogP contribution in [0, 0.1) is 5.82 Å². The van der Waals surface area contributed by atoms with Gasteiger partial charge in [0.1, 0.15) is 11.3 Å². The van der Waals surface area contributed by atoms with Gasteiger partial charge in [0, 0.05) is 17.0 Å². The maximum atomic E-state index is 13.9. The van der Waals surface area contributed by atoms with Crippen molar-refractivity contribution in [3.63, 3.8) is 0 Å². The molecule has 0 unspecified atom stereocenters. The van der Waals surface area contributed by atoms with Crippen molar-refractivity contribution in [3.8, 4) is 0 Å². The van der Waals surface area contributed by atoms with Gasteiger partial charge in [0.15, 0.2) is 0 Å². The second-order valence-electron chi connectivity index (χ2n) is 5.19. The molecule has 4 aromatic rings. The molecule has 0 atom stereocenters. The fourth-order valence-electron chi connectivity index (χ4n) is 2.60. The molecule has 2 aromatic heterocycles. The van der Waals surface area contributed by atoms with Crippen molar-refractivity contribution < 1.29 is 12.8 Å². The second-order valence-corrected chi connectivity index (χ2v) is 6.84. The molecule has 0 aliphatic heterocycles. The number of benzene rings is 2. The Labute approximate surface area is 136 Å². The highest BCUT2D eigenvalue weighted by molar-refractivity contribution is 7.93. The summed E-state index contributed by atoms with van der Waals surface area (Å²) in [6, 6.07) is 10.6. The number of nitrogens with zero attached hydrogens (tertiary/aromatic N) is 2. The summed E-state index contributed by atoms with van der Waals surface area (Å²) in [7, 11) is -3.92. The van der Waals surface area contributed by atoms with Crippen LogP contribution in [0.15, 0.2) is 59.8 Å². The first-order valence-corrected chi connectivity index (χ1v) is 8.53. The third-order valence-electron chi connectivity index (χ3n) is 3.70. The highest BCUT2D eigenvalue weighted by Crippen LogP contribution is 2.28. The molecule has 2 aromatic carbocycles. The number of nitrogens with one attached hydrogen (secondary N) is 2. The van der Waals surface area contributed by atoms with E-state index < -0.39 is 15.8 Å². The number of hydrogen-bond donors (Lipinski definition) is 2. The monoisotopic (exact) mass is 342 g/mol. The number of sulfonamides is 1. The van der Waals surface area contributed by atoms with Crippen molar-refractivity contribution in [2.45, 2.75) is 4.90 Å². The summed E-state index contributed by atoms with van der Waals surface area (Å²) in [5, 5.41) is 7.56. The van der Waals surface area contributed by atoms with Gasteiger partial charge in [-0.2, -0.15) is 5.10 Å². The molecule has 120 valence electrons. The first kappa shape index (κ1) is 14.6. The zero-order valence-electron chi connectivity index (χ0n) is 12.2. The van der Waals surface area contributed by atoms with Gasteiger partial charge < -0.3 is 0 Å². The zero-order chi connectivity index (χ0) is 16.7. The van der Waals surface area contributed by atoms with Crippen LogP contribution in [-0.4, -0.2) is 23.6 Å². The molecule has 24 heavy (non-hydrogen) atoms. The van der Waals surface area contributed by atoms with E-state index in [1.165, 1.54) is 24.5 Å². The van der Waals surface area contributed by atoms with Gasteiger partial charge in [-0.15, -0.1) is 0 Å². The number of aromatic nitrogens is 3. The number of anilines is 1. The number of hydrogen-bond acceptors (Lipinski definition) is 4. The summed E-state index contributed by atoms with van der Waals surface area (Å²) < 4.78 is 42.0. The lowest BCUT2D eigenvalue weighted by Crippen LogP contribution is -2.14. The van der Waals surface area contributed by atoms with Gasteiger partial charge in [0.25, 0.3) is 10.0 Å². The molecule has 0 bridgehead atoms. The van der Waals surface area contributed by atoms with E-state index in [4.69, 9.17) is 0 Å². The summed E-state index contributed by atoms with van der Waals surface area (Å²) in [4.78, 5) is 3.89. The fraction of sp³-hybridized carbons (Fsp3) is 0. The van der Waals surface area contributed by atoms with E-state index in [-0.39, 0.29) is 15.8 Å². The lowest BCUT2D eigenvalue weighted by molar-refractivity contribution is 0.601. The quantitative estimate of drug-likeness (QED) is 0.599. The van der Waals surface area contributed by atoms with Crippen LogP contribution in [0.3, 0.4) is 0 Å². The van der Waals surface area contributed by atoms with Crippen molar-refractivity contribution in [1.29, 1.82) is 0 Å². The fourth-order valence-corrected chi connectivity index (χ4v) is 3.88. The smallest absolute Gasteiger partial charge is 0.262 e. The predicted octanol–water partition coefficient (Wildman–Crippen LogP) is 3.05. The van der Waals surface area contributed by atoms with Crippen LogP contribution in [0.2, 0.25) is 0 Å². The Kier molecular flexibility index (Phi) is 3.20. The zero-order valence-corrected chi connectivity index (χ0v) is 13.0. The first-order valence-electron chi connectivity index (χ1n) is 7.04. The summed E-state index contributed by atoms with van der Waals surface area (Å²) in [5.74, 6) is -0.568. The molecule has 0 aliphatic rings. The standard InChI is InChI=1S/C16H11FN4O2S/c17-12-6-7-15(10-3-2-8-18-16(10)12)24(22,23)21-14-5-1-4-13-11(14)9-19-20-13/h1-9,21H,(H,19,20). The molecule has 0 amide bonds. The van der Waals surface area contributed by atoms with Crippen LogP contribution in [-0.2, 0) is 10.0 Å². The number of halogens is 1. The highest BCUT2D eigenvalue weighted by Gasteiger charge is 2.20. The van der Waals surface area contributed by atoms with Gasteiger partial charge in [0.05, 0.1) is 22.3 Å². The largest absolute Gasteiger partial charge is 0.279 e. The Hall–Kier alpha value is -3.00. The molecular formula is C16H11FN4O2S. The van der Waals surface area contributed by atoms with Crippen LogP contribution in [0.5, 0.6) is 0 Å². The molecule has 8 heteroatoms. The predicted molar refractivity (Wildman–Crippen MR) is 88.6 cm³/mol. The lowest BCUT2D eigenvalue weighted by Gasteiger charge is -2.11. The van der Waals surface area contributed by atoms with E-state index in [0.717, 1.165) is 6.07 Å². The van der Waals surface area contributed by atoms with Crippen LogP contribution in [0.25, 0.3) is 21.8 Å². The van der Waals surface area contributed by atoms with Gasteiger partial charge in [-0.3, -0.25) is 14.8 Å². The highest BCUT2D eigenvalue weighted by atomic mass is 32.2. The van der Waals surface area contributed by atoms with E-state index >= 15 is 0 Å². The maximum Gasteiger partial charge on any atom is 0.262 e. The summed E-state index contributed by atoms with van der Waals surface area (Å²) in [6.45, 7) is 0. The lowest BCUT2D eigenvalue weighted by atomic mass is 10.2. The molecule has 0 saturated carbocycles. The second kappa shape index (κ2) is 5.27. The first-order chi connectivity index (χ1) is 11.6. The van der Waals surface area contributed by atoms with Crippen LogP contribution in [0.1, 0.15) is 0 Å². The van der Waals surface area contributed by atoms with Crippen LogP contribution >= 0.6 is 0 Å². The minimum atomic E-state index is -3.92. The molecule has 0 saturated heterocycles. The minimum Gasteiger partial charge on any atom is -0.279 e. The third kappa shape index (κ3) is 2.28. The van der Waals surface area contributed by atoms with Crippen molar-refractivity contribution in [1.82, 2.24) is 15.2 Å². The Morgan fingerprint density at radius 2 is 1.92 bits per heavy atom. The average molecular weight is 342 g/mol. The minimum absolute atomic E-state index is 0.0156. The van der Waals surface area contributed by atoms with Gasteiger partial charge >= 0.3 is 0 Å². The summed E-state index contributed by atoms with van der Waals surface area (Å²) in [5.41, 5.74) is 1.12. The Bertz CT molecular complexity index is 1170. The number of fused-ring (bicyclic) bond motifs is 2. The van der Waals surface area contributed by atoms with Crippen molar-refractivity contribution in [3.05, 3.63) is 60.7 Å². The summed E-state index contributed by atoms with van der Waals surface area (Å²) >= 11 is 0. The molecule has 0 aliphatic carbocycles. The van der Waals surface area contributed by atoms with Crippen molar-refractivity contribution in [2.24, 2.45) is 0 Å². The molecular weight excluding hydrogens is 331 g/mol. The molecule has 0 spiro atoms. The summed E-state index contributed by atoms with van der Waals surface area (Å²) in [6.07, 6.45) is 2.96. The van der Waals surface area contributed by atoms with Gasteiger partial charge in [-0.25, -0.2) is 12.8 Å². The number of pyridine rings is 1. The average Bonchev–Trinajstić information content (AvgIpc) is 3.05.